The molecule has 2 nitrogen and oxygen atoms in total. The Labute approximate surface area is 111 Å². The molecule has 3 atom stereocenters. The molecule has 3 unspecified atom stereocenters. The van der Waals surface area contributed by atoms with Crippen LogP contribution >= 0.6 is 0 Å². The number of benzene rings is 1. The van der Waals surface area contributed by atoms with Gasteiger partial charge in [0.1, 0.15) is 0 Å². The largest absolute Gasteiger partial charge is 0.378 e. The molecular formula is C14H18F3NO. The molecule has 1 aliphatic heterocycles. The molecule has 0 aromatic heterocycles. The highest BCUT2D eigenvalue weighted by atomic mass is 19.2. The van der Waals surface area contributed by atoms with Crippen LogP contribution in [0.3, 0.4) is 0 Å². The van der Waals surface area contributed by atoms with Gasteiger partial charge in [0.2, 0.25) is 0 Å². The highest BCUT2D eigenvalue weighted by Gasteiger charge is 2.34. The molecule has 1 heterocycles. The summed E-state index contributed by atoms with van der Waals surface area (Å²) in [6.07, 6.45) is 0.744. The van der Waals surface area contributed by atoms with Crippen molar-refractivity contribution >= 4 is 0 Å². The second-order valence-corrected chi connectivity index (χ2v) is 4.83. The topological polar surface area (TPSA) is 21.3 Å². The van der Waals surface area contributed by atoms with Crippen LogP contribution < -0.4 is 5.32 Å². The molecule has 0 bridgehead atoms. The van der Waals surface area contributed by atoms with Crippen molar-refractivity contribution in [3.05, 3.63) is 35.1 Å². The van der Waals surface area contributed by atoms with Crippen LogP contribution in [0.5, 0.6) is 0 Å². The van der Waals surface area contributed by atoms with Gasteiger partial charge < -0.3 is 10.1 Å². The van der Waals surface area contributed by atoms with Gasteiger partial charge in [-0.3, -0.25) is 0 Å². The lowest BCUT2D eigenvalue weighted by molar-refractivity contribution is 0.0950. The van der Waals surface area contributed by atoms with Gasteiger partial charge in [-0.2, -0.15) is 0 Å². The minimum atomic E-state index is -1.41. The number of rotatable bonds is 4. The van der Waals surface area contributed by atoms with Crippen molar-refractivity contribution in [3.63, 3.8) is 0 Å². The van der Waals surface area contributed by atoms with Gasteiger partial charge in [-0.15, -0.1) is 0 Å². The minimum Gasteiger partial charge on any atom is -0.378 e. The number of ether oxygens (including phenoxy) is 1. The molecule has 5 heteroatoms. The first kappa shape index (κ1) is 14.3. The van der Waals surface area contributed by atoms with Gasteiger partial charge in [0.05, 0.1) is 6.10 Å². The molecule has 0 saturated carbocycles. The third kappa shape index (κ3) is 2.77. The highest BCUT2D eigenvalue weighted by Crippen LogP contribution is 2.35. The summed E-state index contributed by atoms with van der Waals surface area (Å²) in [4.78, 5) is 0. The van der Waals surface area contributed by atoms with Crippen LogP contribution in [-0.2, 0) is 4.74 Å². The van der Waals surface area contributed by atoms with Crippen molar-refractivity contribution in [1.82, 2.24) is 5.32 Å². The fourth-order valence-corrected chi connectivity index (χ4v) is 2.68. The first-order valence-corrected chi connectivity index (χ1v) is 6.54. The van der Waals surface area contributed by atoms with Crippen LogP contribution in [0, 0.1) is 23.4 Å². The maximum atomic E-state index is 13.9. The molecule has 0 spiro atoms. The van der Waals surface area contributed by atoms with Crippen LogP contribution in [0.4, 0.5) is 13.2 Å². The quantitative estimate of drug-likeness (QED) is 0.851. The maximum Gasteiger partial charge on any atom is 0.194 e. The van der Waals surface area contributed by atoms with Crippen molar-refractivity contribution in [3.8, 4) is 0 Å². The van der Waals surface area contributed by atoms with E-state index in [0.717, 1.165) is 12.5 Å². The van der Waals surface area contributed by atoms with Crippen LogP contribution in [0.15, 0.2) is 12.1 Å². The van der Waals surface area contributed by atoms with E-state index in [9.17, 15) is 13.2 Å². The average Bonchev–Trinajstić information content (AvgIpc) is 2.80. The lowest BCUT2D eigenvalue weighted by Gasteiger charge is -2.27. The predicted octanol–water partition coefficient (Wildman–Crippen LogP) is 3.18. The lowest BCUT2D eigenvalue weighted by atomic mass is 9.88. The van der Waals surface area contributed by atoms with Crippen LogP contribution in [-0.4, -0.2) is 19.3 Å². The Morgan fingerprint density at radius 3 is 2.63 bits per heavy atom. The fraction of sp³-hybridized carbons (Fsp3) is 0.571. The molecule has 0 amide bonds. The normalized spacial score (nSPS) is 24.7. The summed E-state index contributed by atoms with van der Waals surface area (Å²) in [5.74, 6) is -3.62. The summed E-state index contributed by atoms with van der Waals surface area (Å²) in [6.45, 7) is 5.04. The molecule has 106 valence electrons. The van der Waals surface area contributed by atoms with Crippen molar-refractivity contribution in [2.45, 2.75) is 32.4 Å². The summed E-state index contributed by atoms with van der Waals surface area (Å²) in [5.41, 5.74) is 0.170. The van der Waals surface area contributed by atoms with E-state index in [1.807, 2.05) is 13.8 Å². The van der Waals surface area contributed by atoms with E-state index in [4.69, 9.17) is 4.74 Å². The van der Waals surface area contributed by atoms with Crippen molar-refractivity contribution < 1.29 is 17.9 Å². The number of nitrogens with one attached hydrogen (secondary N) is 1. The standard InChI is InChI=1S/C14H18F3NO/c1-3-18-14(9-6-7-19-8(9)2)10-4-5-11(15)13(17)12(10)16/h4-5,8-9,14,18H,3,6-7H2,1-2H3. The summed E-state index contributed by atoms with van der Waals surface area (Å²) >= 11 is 0. The predicted molar refractivity (Wildman–Crippen MR) is 66.3 cm³/mol. The fourth-order valence-electron chi connectivity index (χ4n) is 2.68. The van der Waals surface area contributed by atoms with Crippen LogP contribution in [0.2, 0.25) is 0 Å². The second kappa shape index (κ2) is 5.92. The van der Waals surface area contributed by atoms with E-state index < -0.39 is 17.5 Å². The molecule has 1 aromatic rings. The van der Waals surface area contributed by atoms with Crippen molar-refractivity contribution in [1.29, 1.82) is 0 Å². The Morgan fingerprint density at radius 2 is 2.05 bits per heavy atom. The molecule has 19 heavy (non-hydrogen) atoms. The Bertz CT molecular complexity index is 453. The molecule has 1 saturated heterocycles. The van der Waals surface area contributed by atoms with Crippen LogP contribution in [0.1, 0.15) is 31.9 Å². The first-order valence-electron chi connectivity index (χ1n) is 6.54. The molecular weight excluding hydrogens is 255 g/mol. The smallest absolute Gasteiger partial charge is 0.194 e. The molecule has 0 radical (unpaired) electrons. The first-order chi connectivity index (χ1) is 9.06. The van der Waals surface area contributed by atoms with Gasteiger partial charge in [-0.1, -0.05) is 13.0 Å². The SMILES string of the molecule is CCNC(c1ccc(F)c(F)c1F)C1CCOC1C. The molecule has 0 aliphatic carbocycles. The molecule has 2 rings (SSSR count). The van der Waals surface area contributed by atoms with Gasteiger partial charge in [0.15, 0.2) is 17.5 Å². The van der Waals surface area contributed by atoms with Crippen molar-refractivity contribution in [2.24, 2.45) is 5.92 Å². The summed E-state index contributed by atoms with van der Waals surface area (Å²) in [7, 11) is 0. The van der Waals surface area contributed by atoms with Gasteiger partial charge in [-0.05, 0) is 26.0 Å². The second-order valence-electron chi connectivity index (χ2n) is 4.83. The average molecular weight is 273 g/mol. The zero-order valence-corrected chi connectivity index (χ0v) is 11.1. The maximum absolute atomic E-state index is 13.9. The van der Waals surface area contributed by atoms with E-state index in [1.54, 1.807) is 0 Å². The Balaban J connectivity index is 2.36. The summed E-state index contributed by atoms with van der Waals surface area (Å²) < 4.78 is 45.8. The molecule has 1 aromatic carbocycles. The monoisotopic (exact) mass is 273 g/mol. The van der Waals surface area contributed by atoms with Crippen molar-refractivity contribution in [2.75, 3.05) is 13.2 Å². The van der Waals surface area contributed by atoms with Gasteiger partial charge in [0, 0.05) is 24.1 Å². The molecule has 1 N–H and O–H groups in total. The molecule has 1 fully saturated rings. The van der Waals surface area contributed by atoms with Crippen LogP contribution in [0.25, 0.3) is 0 Å². The number of halogens is 3. The zero-order chi connectivity index (χ0) is 14.0. The highest BCUT2D eigenvalue weighted by molar-refractivity contribution is 5.25. The molecule has 1 aliphatic rings. The van der Waals surface area contributed by atoms with E-state index >= 15 is 0 Å². The van der Waals surface area contributed by atoms with Gasteiger partial charge >= 0.3 is 0 Å². The van der Waals surface area contributed by atoms with E-state index in [1.165, 1.54) is 6.07 Å². The zero-order valence-electron chi connectivity index (χ0n) is 11.1. The number of hydrogen-bond donors (Lipinski definition) is 1. The van der Waals surface area contributed by atoms with E-state index in [0.29, 0.717) is 13.2 Å². The summed E-state index contributed by atoms with van der Waals surface area (Å²) in [6, 6.07) is 1.92. The Kier molecular flexibility index (Phi) is 4.47. The Hall–Kier alpha value is -1.07. The van der Waals surface area contributed by atoms with E-state index in [-0.39, 0.29) is 23.6 Å². The lowest BCUT2D eigenvalue weighted by Crippen LogP contribution is -2.32. The number of hydrogen-bond acceptors (Lipinski definition) is 2. The van der Waals surface area contributed by atoms with Gasteiger partial charge in [0.25, 0.3) is 0 Å². The third-order valence-electron chi connectivity index (χ3n) is 3.69. The summed E-state index contributed by atoms with van der Waals surface area (Å²) in [5, 5.41) is 3.15. The minimum absolute atomic E-state index is 0.0310. The third-order valence-corrected chi connectivity index (χ3v) is 3.69. The van der Waals surface area contributed by atoms with Gasteiger partial charge in [-0.25, -0.2) is 13.2 Å². The van der Waals surface area contributed by atoms with E-state index in [2.05, 4.69) is 5.32 Å². The Morgan fingerprint density at radius 1 is 1.32 bits per heavy atom.